The molecule has 6 heteroatoms. The zero-order chi connectivity index (χ0) is 37.5. The standard InChI is InChI=1S/C51H30N4O2/c1-3-13-31(14-4-1)49-52-50(54-51(53-49)39-20-12-24-46-48(39)38-18-8-10-22-43(38)56-46)33-26-28-44-40(29-33)47-35(19-11-23-45(47)57-44)32-25-27-37-36-17-7-9-21-41(36)55(42(37)30-32)34-15-5-2-6-16-34/h1-30H. The van der Waals surface area contributed by atoms with Gasteiger partial charge in [-0.2, -0.15) is 0 Å². The van der Waals surface area contributed by atoms with E-state index in [9.17, 15) is 0 Å². The van der Waals surface area contributed by atoms with Crippen LogP contribution in [0, 0.1) is 0 Å². The van der Waals surface area contributed by atoms with Gasteiger partial charge in [-0.25, -0.2) is 15.0 Å². The molecule has 0 spiro atoms. The third-order valence-corrected chi connectivity index (χ3v) is 11.1. The Morgan fingerprint density at radius 1 is 0.333 bits per heavy atom. The lowest BCUT2D eigenvalue weighted by molar-refractivity contribution is 0.668. The largest absolute Gasteiger partial charge is 0.456 e. The highest BCUT2D eigenvalue weighted by atomic mass is 16.3. The molecule has 0 amide bonds. The number of fused-ring (bicyclic) bond motifs is 9. The maximum atomic E-state index is 6.53. The molecule has 12 rings (SSSR count). The summed E-state index contributed by atoms with van der Waals surface area (Å²) in [4.78, 5) is 15.4. The van der Waals surface area contributed by atoms with Crippen molar-refractivity contribution in [2.45, 2.75) is 0 Å². The fraction of sp³-hybridized carbons (Fsp3) is 0. The second-order valence-corrected chi connectivity index (χ2v) is 14.4. The lowest BCUT2D eigenvalue weighted by Crippen LogP contribution is -2.00. The van der Waals surface area contributed by atoms with E-state index in [1.165, 1.54) is 16.3 Å². The summed E-state index contributed by atoms with van der Waals surface area (Å²) < 4.78 is 15.1. The molecule has 0 saturated carbocycles. The number of aromatic nitrogens is 4. The normalized spacial score (nSPS) is 11.9. The number of hydrogen-bond donors (Lipinski definition) is 0. The minimum atomic E-state index is 0.575. The zero-order valence-electron chi connectivity index (χ0n) is 30.4. The molecular formula is C51H30N4O2. The molecule has 0 atom stereocenters. The minimum absolute atomic E-state index is 0.575. The molecule has 0 N–H and O–H groups in total. The van der Waals surface area contributed by atoms with Crippen LogP contribution in [-0.4, -0.2) is 19.5 Å². The fourth-order valence-electron chi connectivity index (χ4n) is 8.50. The Labute approximate surface area is 325 Å². The molecule has 0 fully saturated rings. The van der Waals surface area contributed by atoms with Crippen LogP contribution in [0.15, 0.2) is 191 Å². The quantitative estimate of drug-likeness (QED) is 0.176. The monoisotopic (exact) mass is 730 g/mol. The summed E-state index contributed by atoms with van der Waals surface area (Å²) in [5.41, 5.74) is 11.6. The first-order valence-corrected chi connectivity index (χ1v) is 19.0. The van der Waals surface area contributed by atoms with E-state index in [-0.39, 0.29) is 0 Å². The van der Waals surface area contributed by atoms with Crippen LogP contribution < -0.4 is 0 Å². The summed E-state index contributed by atoms with van der Waals surface area (Å²) in [6.07, 6.45) is 0. The first-order valence-electron chi connectivity index (χ1n) is 19.0. The molecule has 0 aliphatic heterocycles. The number of nitrogens with zero attached hydrogens (tertiary/aromatic N) is 4. The summed E-state index contributed by atoms with van der Waals surface area (Å²) >= 11 is 0. The van der Waals surface area contributed by atoms with Gasteiger partial charge in [0.25, 0.3) is 0 Å². The molecular weight excluding hydrogens is 701 g/mol. The lowest BCUT2D eigenvalue weighted by Gasteiger charge is -2.10. The van der Waals surface area contributed by atoms with Crippen molar-refractivity contribution in [3.63, 3.8) is 0 Å². The summed E-state index contributed by atoms with van der Waals surface area (Å²) in [6.45, 7) is 0. The SMILES string of the molecule is c1ccc(-c2nc(-c3ccc4oc5cccc(-c6ccc7c8ccccc8n(-c8ccccc8)c7c6)c5c4c3)nc(-c3cccc4oc5ccccc5c34)n2)cc1. The van der Waals surface area contributed by atoms with Crippen molar-refractivity contribution in [3.05, 3.63) is 182 Å². The Morgan fingerprint density at radius 3 is 1.72 bits per heavy atom. The van der Waals surface area contributed by atoms with Crippen LogP contribution in [0.3, 0.4) is 0 Å². The van der Waals surface area contributed by atoms with Crippen LogP contribution in [-0.2, 0) is 0 Å². The van der Waals surface area contributed by atoms with Gasteiger partial charge in [0.1, 0.15) is 22.3 Å². The van der Waals surface area contributed by atoms with E-state index in [0.717, 1.165) is 82.9 Å². The molecule has 4 aromatic heterocycles. The highest BCUT2D eigenvalue weighted by Gasteiger charge is 2.20. The molecule has 0 saturated heterocycles. The number of para-hydroxylation sites is 3. The Kier molecular flexibility index (Phi) is 6.83. The Bertz CT molecular complexity index is 3530. The molecule has 266 valence electrons. The Morgan fingerprint density at radius 2 is 0.912 bits per heavy atom. The summed E-state index contributed by atoms with van der Waals surface area (Å²) in [7, 11) is 0. The predicted molar refractivity (Wildman–Crippen MR) is 230 cm³/mol. The van der Waals surface area contributed by atoms with Crippen molar-refractivity contribution in [3.8, 4) is 51.0 Å². The molecule has 0 aliphatic rings. The van der Waals surface area contributed by atoms with E-state index in [0.29, 0.717) is 17.5 Å². The van der Waals surface area contributed by atoms with Crippen molar-refractivity contribution >= 4 is 65.7 Å². The topological polar surface area (TPSA) is 69.9 Å². The van der Waals surface area contributed by atoms with Crippen LogP contribution in [0.2, 0.25) is 0 Å². The fourth-order valence-corrected chi connectivity index (χ4v) is 8.50. The number of rotatable bonds is 5. The van der Waals surface area contributed by atoms with Crippen LogP contribution in [0.4, 0.5) is 0 Å². The Balaban J connectivity index is 1.07. The van der Waals surface area contributed by atoms with Crippen LogP contribution in [0.5, 0.6) is 0 Å². The minimum Gasteiger partial charge on any atom is -0.456 e. The smallest absolute Gasteiger partial charge is 0.164 e. The predicted octanol–water partition coefficient (Wildman–Crippen LogP) is 13.4. The Hall–Kier alpha value is -7.83. The number of hydrogen-bond acceptors (Lipinski definition) is 5. The van der Waals surface area contributed by atoms with E-state index < -0.39 is 0 Å². The third kappa shape index (κ3) is 4.94. The van der Waals surface area contributed by atoms with Crippen LogP contribution in [0.1, 0.15) is 0 Å². The maximum absolute atomic E-state index is 6.53. The molecule has 0 radical (unpaired) electrons. The molecule has 0 bridgehead atoms. The van der Waals surface area contributed by atoms with E-state index >= 15 is 0 Å². The van der Waals surface area contributed by atoms with Crippen LogP contribution >= 0.6 is 0 Å². The van der Waals surface area contributed by atoms with Gasteiger partial charge in [0.15, 0.2) is 17.5 Å². The van der Waals surface area contributed by atoms with Gasteiger partial charge >= 0.3 is 0 Å². The highest BCUT2D eigenvalue weighted by Crippen LogP contribution is 2.42. The molecule has 0 unspecified atom stereocenters. The summed E-state index contributed by atoms with van der Waals surface area (Å²) in [5.74, 6) is 1.75. The summed E-state index contributed by atoms with van der Waals surface area (Å²) in [5, 5.41) is 6.48. The van der Waals surface area contributed by atoms with E-state index in [2.05, 4.69) is 108 Å². The van der Waals surface area contributed by atoms with Gasteiger partial charge < -0.3 is 13.4 Å². The molecule has 0 aliphatic carbocycles. The molecule has 12 aromatic rings. The molecule has 8 aromatic carbocycles. The first kappa shape index (κ1) is 31.5. The molecule has 4 heterocycles. The molecule has 57 heavy (non-hydrogen) atoms. The summed E-state index contributed by atoms with van der Waals surface area (Å²) in [6, 6.07) is 62.7. The van der Waals surface area contributed by atoms with Gasteiger partial charge in [-0.1, -0.05) is 121 Å². The van der Waals surface area contributed by atoms with Crippen molar-refractivity contribution in [1.82, 2.24) is 19.5 Å². The number of benzene rings is 8. The second kappa shape index (κ2) is 12.3. The van der Waals surface area contributed by atoms with E-state index in [4.69, 9.17) is 23.8 Å². The highest BCUT2D eigenvalue weighted by molar-refractivity contribution is 6.16. The van der Waals surface area contributed by atoms with Crippen molar-refractivity contribution < 1.29 is 8.83 Å². The van der Waals surface area contributed by atoms with Crippen molar-refractivity contribution in [1.29, 1.82) is 0 Å². The maximum Gasteiger partial charge on any atom is 0.164 e. The van der Waals surface area contributed by atoms with Crippen LogP contribution in [0.25, 0.3) is 117 Å². The van der Waals surface area contributed by atoms with Gasteiger partial charge in [-0.15, -0.1) is 0 Å². The zero-order valence-corrected chi connectivity index (χ0v) is 30.4. The van der Waals surface area contributed by atoms with E-state index in [1.54, 1.807) is 0 Å². The van der Waals surface area contributed by atoms with Gasteiger partial charge in [0.05, 0.1) is 11.0 Å². The van der Waals surface area contributed by atoms with Crippen molar-refractivity contribution in [2.24, 2.45) is 0 Å². The lowest BCUT2D eigenvalue weighted by atomic mass is 9.97. The average Bonchev–Trinajstić information content (AvgIpc) is 3.96. The molecule has 6 nitrogen and oxygen atoms in total. The first-order chi connectivity index (χ1) is 28.2. The van der Waals surface area contributed by atoms with Gasteiger partial charge in [0, 0.05) is 54.7 Å². The third-order valence-electron chi connectivity index (χ3n) is 11.1. The van der Waals surface area contributed by atoms with E-state index in [1.807, 2.05) is 78.9 Å². The van der Waals surface area contributed by atoms with Gasteiger partial charge in [-0.3, -0.25) is 0 Å². The second-order valence-electron chi connectivity index (χ2n) is 14.4. The van der Waals surface area contributed by atoms with Gasteiger partial charge in [-0.05, 0) is 71.8 Å². The van der Waals surface area contributed by atoms with Gasteiger partial charge in [0.2, 0.25) is 0 Å². The van der Waals surface area contributed by atoms with Crippen molar-refractivity contribution in [2.75, 3.05) is 0 Å². The number of furan rings is 2. The average molecular weight is 731 g/mol.